The van der Waals surface area contributed by atoms with E-state index in [2.05, 4.69) is 5.32 Å². The number of carbonyl (C=O) groups is 2. The minimum Gasteiger partial charge on any atom is -0.465 e. The lowest BCUT2D eigenvalue weighted by molar-refractivity contribution is -0.129. The maximum Gasteiger partial charge on any atom is 0.407 e. The van der Waals surface area contributed by atoms with Crippen LogP contribution in [-0.2, 0) is 4.79 Å². The Labute approximate surface area is 88.8 Å². The highest BCUT2D eigenvalue weighted by molar-refractivity contribution is 5.86. The lowest BCUT2D eigenvalue weighted by atomic mass is 10.0. The molecule has 86 valence electrons. The molecule has 1 aliphatic heterocycles. The molecule has 1 saturated heterocycles. The molecule has 0 aromatic rings. The molecule has 2 amide bonds. The first-order valence-electron chi connectivity index (χ1n) is 4.94. The highest BCUT2D eigenvalue weighted by Gasteiger charge is 2.37. The molecule has 0 unspecified atom stereocenters. The first-order valence-corrected chi connectivity index (χ1v) is 4.94. The third kappa shape index (κ3) is 3.09. The lowest BCUT2D eigenvalue weighted by Gasteiger charge is -2.37. The Kier molecular flexibility index (Phi) is 3.90. The fraction of sp³-hybridized carbons (Fsp3) is 0.778. The summed E-state index contributed by atoms with van der Waals surface area (Å²) in [4.78, 5) is 25.2. The number of hydrogen-bond donors (Lipinski definition) is 2. The predicted molar refractivity (Wildman–Crippen MR) is 54.7 cm³/mol. The van der Waals surface area contributed by atoms with Crippen molar-refractivity contribution in [3.05, 3.63) is 0 Å². The molecule has 0 aromatic heterocycles. The SMILES string of the molecule is CN(C)CCNC(=O)[C@@H]1CCN1C(=O)O. The molecular formula is C9H17N3O3. The molecule has 1 heterocycles. The van der Waals surface area contributed by atoms with Crippen LogP contribution in [0.15, 0.2) is 0 Å². The number of hydrogen-bond acceptors (Lipinski definition) is 3. The van der Waals surface area contributed by atoms with Crippen LogP contribution >= 0.6 is 0 Å². The third-order valence-corrected chi connectivity index (χ3v) is 2.43. The second kappa shape index (κ2) is 4.97. The van der Waals surface area contributed by atoms with Gasteiger partial charge in [-0.05, 0) is 20.5 Å². The van der Waals surface area contributed by atoms with Gasteiger partial charge >= 0.3 is 6.09 Å². The summed E-state index contributed by atoms with van der Waals surface area (Å²) in [5.74, 6) is -0.189. The second-order valence-corrected chi connectivity index (χ2v) is 3.87. The standard InChI is InChI=1S/C9H17N3O3/c1-11(2)6-4-10-8(13)7-3-5-12(7)9(14)15/h7H,3-6H2,1-2H3,(H,10,13)(H,14,15)/t7-/m0/s1. The molecule has 0 spiro atoms. The Balaban J connectivity index is 2.26. The zero-order chi connectivity index (χ0) is 11.4. The Hall–Kier alpha value is -1.30. The van der Waals surface area contributed by atoms with Crippen molar-refractivity contribution in [3.8, 4) is 0 Å². The van der Waals surface area contributed by atoms with Crippen LogP contribution in [0, 0.1) is 0 Å². The normalized spacial score (nSPS) is 19.9. The molecule has 0 saturated carbocycles. The largest absolute Gasteiger partial charge is 0.465 e. The molecule has 0 bridgehead atoms. The molecule has 1 aliphatic rings. The average Bonchev–Trinajstić information content (AvgIpc) is 1.99. The molecule has 2 N–H and O–H groups in total. The highest BCUT2D eigenvalue weighted by Crippen LogP contribution is 2.16. The summed E-state index contributed by atoms with van der Waals surface area (Å²) < 4.78 is 0. The zero-order valence-corrected chi connectivity index (χ0v) is 9.06. The Morgan fingerprint density at radius 1 is 1.53 bits per heavy atom. The summed E-state index contributed by atoms with van der Waals surface area (Å²) >= 11 is 0. The van der Waals surface area contributed by atoms with Crippen molar-refractivity contribution < 1.29 is 14.7 Å². The second-order valence-electron chi connectivity index (χ2n) is 3.87. The summed E-state index contributed by atoms with van der Waals surface area (Å²) in [6.45, 7) is 1.77. The molecular weight excluding hydrogens is 198 g/mol. The fourth-order valence-electron chi connectivity index (χ4n) is 1.41. The van der Waals surface area contributed by atoms with Crippen LogP contribution < -0.4 is 5.32 Å². The van der Waals surface area contributed by atoms with Crippen molar-refractivity contribution in [2.45, 2.75) is 12.5 Å². The summed E-state index contributed by atoms with van der Waals surface area (Å²) in [6, 6.07) is -0.482. The maximum atomic E-state index is 11.5. The van der Waals surface area contributed by atoms with E-state index >= 15 is 0 Å². The van der Waals surface area contributed by atoms with Gasteiger partial charge in [-0.3, -0.25) is 9.69 Å². The van der Waals surface area contributed by atoms with E-state index in [0.717, 1.165) is 11.4 Å². The fourth-order valence-corrected chi connectivity index (χ4v) is 1.41. The van der Waals surface area contributed by atoms with E-state index in [0.29, 0.717) is 19.5 Å². The quantitative estimate of drug-likeness (QED) is 0.658. The number of carboxylic acid groups (broad SMARTS) is 1. The van der Waals surface area contributed by atoms with Gasteiger partial charge in [0, 0.05) is 19.6 Å². The third-order valence-electron chi connectivity index (χ3n) is 2.43. The molecule has 0 radical (unpaired) electrons. The van der Waals surface area contributed by atoms with Crippen LogP contribution in [-0.4, -0.2) is 66.7 Å². The Bertz CT molecular complexity index is 255. The van der Waals surface area contributed by atoms with Gasteiger partial charge < -0.3 is 15.3 Å². The van der Waals surface area contributed by atoms with Gasteiger partial charge in [0.25, 0.3) is 0 Å². The molecule has 0 aromatic carbocycles. The number of rotatable bonds is 4. The smallest absolute Gasteiger partial charge is 0.407 e. The number of carbonyl (C=O) groups excluding carboxylic acids is 1. The highest BCUT2D eigenvalue weighted by atomic mass is 16.4. The number of nitrogens with zero attached hydrogens (tertiary/aromatic N) is 2. The van der Waals surface area contributed by atoms with Gasteiger partial charge in [0.1, 0.15) is 6.04 Å². The molecule has 1 rings (SSSR count). The first-order chi connectivity index (χ1) is 7.02. The van der Waals surface area contributed by atoms with E-state index in [9.17, 15) is 9.59 Å². The first kappa shape index (κ1) is 11.8. The van der Waals surface area contributed by atoms with Gasteiger partial charge in [0.15, 0.2) is 0 Å². The molecule has 1 atom stereocenters. The van der Waals surface area contributed by atoms with Crippen molar-refractivity contribution >= 4 is 12.0 Å². The van der Waals surface area contributed by atoms with Gasteiger partial charge in [-0.2, -0.15) is 0 Å². The molecule has 0 aliphatic carbocycles. The van der Waals surface area contributed by atoms with E-state index < -0.39 is 12.1 Å². The van der Waals surface area contributed by atoms with Crippen LogP contribution in [0.3, 0.4) is 0 Å². The zero-order valence-electron chi connectivity index (χ0n) is 9.06. The van der Waals surface area contributed by atoms with Gasteiger partial charge in [0.05, 0.1) is 0 Å². The topological polar surface area (TPSA) is 72.9 Å². The van der Waals surface area contributed by atoms with Gasteiger partial charge in [-0.1, -0.05) is 0 Å². The van der Waals surface area contributed by atoms with Crippen LogP contribution in [0.25, 0.3) is 0 Å². The van der Waals surface area contributed by atoms with E-state index in [1.807, 2.05) is 19.0 Å². The molecule has 6 heteroatoms. The van der Waals surface area contributed by atoms with E-state index in [4.69, 9.17) is 5.11 Å². The Morgan fingerprint density at radius 3 is 2.60 bits per heavy atom. The van der Waals surface area contributed by atoms with Crippen LogP contribution in [0.5, 0.6) is 0 Å². The van der Waals surface area contributed by atoms with Gasteiger partial charge in [-0.25, -0.2) is 4.79 Å². The summed E-state index contributed by atoms with van der Waals surface area (Å²) in [6.07, 6.45) is -0.394. The Morgan fingerprint density at radius 2 is 2.20 bits per heavy atom. The van der Waals surface area contributed by atoms with E-state index in [1.54, 1.807) is 0 Å². The summed E-state index contributed by atoms with van der Waals surface area (Å²) in [5.41, 5.74) is 0. The minimum absolute atomic E-state index is 0.189. The van der Waals surface area contributed by atoms with Crippen molar-refractivity contribution in [2.75, 3.05) is 33.7 Å². The van der Waals surface area contributed by atoms with Gasteiger partial charge in [-0.15, -0.1) is 0 Å². The number of likely N-dealkylation sites (tertiary alicyclic amines) is 1. The summed E-state index contributed by atoms with van der Waals surface area (Å²) in [5, 5.41) is 11.4. The van der Waals surface area contributed by atoms with Crippen molar-refractivity contribution in [3.63, 3.8) is 0 Å². The van der Waals surface area contributed by atoms with Crippen molar-refractivity contribution in [1.82, 2.24) is 15.1 Å². The number of nitrogens with one attached hydrogen (secondary N) is 1. The van der Waals surface area contributed by atoms with Crippen LogP contribution in [0.2, 0.25) is 0 Å². The summed E-state index contributed by atoms with van der Waals surface area (Å²) in [7, 11) is 3.83. The van der Waals surface area contributed by atoms with Crippen molar-refractivity contribution in [1.29, 1.82) is 0 Å². The number of amides is 2. The van der Waals surface area contributed by atoms with E-state index in [1.165, 1.54) is 0 Å². The van der Waals surface area contributed by atoms with Crippen LogP contribution in [0.4, 0.5) is 4.79 Å². The molecule has 6 nitrogen and oxygen atoms in total. The van der Waals surface area contributed by atoms with E-state index in [-0.39, 0.29) is 5.91 Å². The lowest BCUT2D eigenvalue weighted by Crippen LogP contribution is -2.58. The average molecular weight is 215 g/mol. The monoisotopic (exact) mass is 215 g/mol. The van der Waals surface area contributed by atoms with Crippen LogP contribution in [0.1, 0.15) is 6.42 Å². The molecule has 15 heavy (non-hydrogen) atoms. The van der Waals surface area contributed by atoms with Crippen molar-refractivity contribution in [2.24, 2.45) is 0 Å². The maximum absolute atomic E-state index is 11.5. The predicted octanol–water partition coefficient (Wildman–Crippen LogP) is -0.583. The van der Waals surface area contributed by atoms with Gasteiger partial charge in [0.2, 0.25) is 5.91 Å². The minimum atomic E-state index is -1.02. The molecule has 1 fully saturated rings. The number of likely N-dealkylation sites (N-methyl/N-ethyl adjacent to an activating group) is 1.